The van der Waals surface area contributed by atoms with Crippen LogP contribution in [0.5, 0.6) is 5.75 Å². The van der Waals surface area contributed by atoms with E-state index in [2.05, 4.69) is 4.74 Å². The first-order valence-electron chi connectivity index (χ1n) is 5.26. The van der Waals surface area contributed by atoms with Gasteiger partial charge in [0.05, 0.1) is 0 Å². The average molecular weight is 288 g/mol. The van der Waals surface area contributed by atoms with E-state index in [0.717, 1.165) is 0 Å². The van der Waals surface area contributed by atoms with E-state index in [4.69, 9.17) is 17.3 Å². The van der Waals surface area contributed by atoms with E-state index in [-0.39, 0.29) is 5.75 Å². The van der Waals surface area contributed by atoms with Gasteiger partial charge in [-0.05, 0) is 35.9 Å². The molecule has 2 rings (SSSR count). The quantitative estimate of drug-likeness (QED) is 0.826. The van der Waals surface area contributed by atoms with Crippen molar-refractivity contribution in [2.24, 2.45) is 0 Å². The maximum Gasteiger partial charge on any atom is 0.573 e. The summed E-state index contributed by atoms with van der Waals surface area (Å²) in [6.07, 6.45) is -4.72. The molecule has 6 heteroatoms. The standard InChI is InChI=1S/C13H9ClF3NO/c14-9-4-5-12(18)11(7-9)8-2-1-3-10(6-8)19-13(15,16)17/h1-7H,18H2. The van der Waals surface area contributed by atoms with Gasteiger partial charge in [-0.1, -0.05) is 23.7 Å². The minimum Gasteiger partial charge on any atom is -0.406 e. The van der Waals surface area contributed by atoms with Crippen molar-refractivity contribution in [3.8, 4) is 16.9 Å². The van der Waals surface area contributed by atoms with Crippen molar-refractivity contribution in [1.29, 1.82) is 0 Å². The SMILES string of the molecule is Nc1ccc(Cl)cc1-c1cccc(OC(F)(F)F)c1. The van der Waals surface area contributed by atoms with Crippen LogP contribution >= 0.6 is 11.6 Å². The van der Waals surface area contributed by atoms with Crippen molar-refractivity contribution in [2.45, 2.75) is 6.36 Å². The molecule has 0 bridgehead atoms. The Hall–Kier alpha value is -1.88. The Balaban J connectivity index is 2.40. The van der Waals surface area contributed by atoms with Crippen LogP contribution in [0.4, 0.5) is 18.9 Å². The van der Waals surface area contributed by atoms with Gasteiger partial charge in [0.1, 0.15) is 5.75 Å². The van der Waals surface area contributed by atoms with Crippen molar-refractivity contribution < 1.29 is 17.9 Å². The molecule has 2 aromatic carbocycles. The minimum atomic E-state index is -4.72. The normalized spacial score (nSPS) is 11.4. The first-order valence-corrected chi connectivity index (χ1v) is 5.64. The largest absolute Gasteiger partial charge is 0.573 e. The predicted octanol–water partition coefficient (Wildman–Crippen LogP) is 4.49. The molecule has 0 radical (unpaired) electrons. The number of alkyl halides is 3. The zero-order chi connectivity index (χ0) is 14.0. The molecule has 19 heavy (non-hydrogen) atoms. The monoisotopic (exact) mass is 287 g/mol. The predicted molar refractivity (Wildman–Crippen MR) is 68.0 cm³/mol. The van der Waals surface area contributed by atoms with Crippen molar-refractivity contribution in [2.75, 3.05) is 5.73 Å². The first kappa shape index (κ1) is 13.5. The van der Waals surface area contributed by atoms with Crippen LogP contribution in [0.2, 0.25) is 5.02 Å². The van der Waals surface area contributed by atoms with Crippen LogP contribution in [-0.2, 0) is 0 Å². The Labute approximate surface area is 112 Å². The summed E-state index contributed by atoms with van der Waals surface area (Å²) in [6.45, 7) is 0. The van der Waals surface area contributed by atoms with Crippen LogP contribution < -0.4 is 10.5 Å². The molecular weight excluding hydrogens is 279 g/mol. The molecule has 0 spiro atoms. The van der Waals surface area contributed by atoms with Gasteiger partial charge < -0.3 is 10.5 Å². The van der Waals surface area contributed by atoms with Gasteiger partial charge in [0.2, 0.25) is 0 Å². The highest BCUT2D eigenvalue weighted by Crippen LogP contribution is 2.32. The van der Waals surface area contributed by atoms with Gasteiger partial charge in [0, 0.05) is 16.3 Å². The highest BCUT2D eigenvalue weighted by Gasteiger charge is 2.31. The third-order valence-corrected chi connectivity index (χ3v) is 2.63. The van der Waals surface area contributed by atoms with Crippen LogP contribution in [0.1, 0.15) is 0 Å². The second-order valence-corrected chi connectivity index (χ2v) is 4.24. The third-order valence-electron chi connectivity index (χ3n) is 2.39. The number of rotatable bonds is 2. The van der Waals surface area contributed by atoms with Gasteiger partial charge in [-0.25, -0.2) is 0 Å². The second kappa shape index (κ2) is 5.01. The van der Waals surface area contributed by atoms with Gasteiger partial charge in [0.25, 0.3) is 0 Å². The topological polar surface area (TPSA) is 35.2 Å². The summed E-state index contributed by atoms with van der Waals surface area (Å²) in [4.78, 5) is 0. The van der Waals surface area contributed by atoms with Crippen LogP contribution in [0, 0.1) is 0 Å². The number of hydrogen-bond donors (Lipinski definition) is 1. The summed E-state index contributed by atoms with van der Waals surface area (Å²) in [7, 11) is 0. The molecule has 0 aliphatic heterocycles. The Morgan fingerprint density at radius 3 is 2.47 bits per heavy atom. The molecule has 0 amide bonds. The molecule has 0 aliphatic carbocycles. The molecule has 0 aliphatic rings. The van der Waals surface area contributed by atoms with E-state index in [9.17, 15) is 13.2 Å². The molecule has 0 aromatic heterocycles. The molecule has 0 unspecified atom stereocenters. The number of anilines is 1. The molecule has 100 valence electrons. The van der Waals surface area contributed by atoms with Gasteiger partial charge >= 0.3 is 6.36 Å². The summed E-state index contributed by atoms with van der Waals surface area (Å²) in [5, 5.41) is 0.450. The van der Waals surface area contributed by atoms with Gasteiger partial charge in [-0.2, -0.15) is 0 Å². The summed E-state index contributed by atoms with van der Waals surface area (Å²) in [6, 6.07) is 10.4. The molecule has 0 atom stereocenters. The number of nitrogen functional groups attached to an aromatic ring is 1. The molecule has 2 N–H and O–H groups in total. The van der Waals surface area contributed by atoms with Crippen LogP contribution in [0.25, 0.3) is 11.1 Å². The van der Waals surface area contributed by atoms with Crippen molar-refractivity contribution in [3.63, 3.8) is 0 Å². The first-order chi connectivity index (χ1) is 8.85. The molecule has 2 nitrogen and oxygen atoms in total. The maximum absolute atomic E-state index is 12.2. The maximum atomic E-state index is 12.2. The molecule has 2 aromatic rings. The number of nitrogens with two attached hydrogens (primary N) is 1. The molecule has 0 saturated carbocycles. The molecular formula is C13H9ClF3NO. The minimum absolute atomic E-state index is 0.302. The lowest BCUT2D eigenvalue weighted by Crippen LogP contribution is -2.17. The number of halogens is 4. The average Bonchev–Trinajstić information content (AvgIpc) is 2.30. The number of hydrogen-bond acceptors (Lipinski definition) is 2. The van der Waals surface area contributed by atoms with E-state index in [1.54, 1.807) is 24.3 Å². The summed E-state index contributed by atoms with van der Waals surface area (Å²) >= 11 is 5.85. The van der Waals surface area contributed by atoms with Gasteiger partial charge in [-0.15, -0.1) is 13.2 Å². The van der Waals surface area contributed by atoms with E-state index in [1.807, 2.05) is 0 Å². The van der Waals surface area contributed by atoms with Crippen LogP contribution in [0.15, 0.2) is 42.5 Å². The molecule has 0 saturated heterocycles. The molecule has 0 heterocycles. The summed E-state index contributed by atoms with van der Waals surface area (Å²) in [5.74, 6) is -0.302. The number of benzene rings is 2. The fourth-order valence-corrected chi connectivity index (χ4v) is 1.81. The number of ether oxygens (including phenoxy) is 1. The highest BCUT2D eigenvalue weighted by atomic mass is 35.5. The molecule has 0 fully saturated rings. The van der Waals surface area contributed by atoms with E-state index in [1.165, 1.54) is 18.2 Å². The summed E-state index contributed by atoms with van der Waals surface area (Å²) < 4.78 is 40.3. The van der Waals surface area contributed by atoms with Crippen LogP contribution in [-0.4, -0.2) is 6.36 Å². The van der Waals surface area contributed by atoms with E-state index >= 15 is 0 Å². The Morgan fingerprint density at radius 1 is 1.05 bits per heavy atom. The Morgan fingerprint density at radius 2 is 1.79 bits per heavy atom. The van der Waals surface area contributed by atoms with Gasteiger partial charge in [-0.3, -0.25) is 0 Å². The Bertz CT molecular complexity index is 599. The van der Waals surface area contributed by atoms with Gasteiger partial charge in [0.15, 0.2) is 0 Å². The van der Waals surface area contributed by atoms with Crippen molar-refractivity contribution in [3.05, 3.63) is 47.5 Å². The fourth-order valence-electron chi connectivity index (χ4n) is 1.64. The zero-order valence-corrected chi connectivity index (χ0v) is 10.3. The van der Waals surface area contributed by atoms with Crippen molar-refractivity contribution >= 4 is 17.3 Å². The van der Waals surface area contributed by atoms with Crippen molar-refractivity contribution in [1.82, 2.24) is 0 Å². The highest BCUT2D eigenvalue weighted by molar-refractivity contribution is 6.31. The van der Waals surface area contributed by atoms with E-state index < -0.39 is 6.36 Å². The fraction of sp³-hybridized carbons (Fsp3) is 0.0769. The van der Waals surface area contributed by atoms with Crippen LogP contribution in [0.3, 0.4) is 0 Å². The second-order valence-electron chi connectivity index (χ2n) is 3.81. The Kier molecular flexibility index (Phi) is 3.57. The third kappa shape index (κ3) is 3.54. The lowest BCUT2D eigenvalue weighted by atomic mass is 10.0. The lowest BCUT2D eigenvalue weighted by molar-refractivity contribution is -0.274. The summed E-state index contributed by atoms with van der Waals surface area (Å²) in [5.41, 5.74) is 7.26. The smallest absolute Gasteiger partial charge is 0.406 e. The lowest BCUT2D eigenvalue weighted by Gasteiger charge is -2.11. The zero-order valence-electron chi connectivity index (χ0n) is 9.54. The van der Waals surface area contributed by atoms with E-state index in [0.29, 0.717) is 21.8 Å².